The van der Waals surface area contributed by atoms with Crippen molar-refractivity contribution in [3.63, 3.8) is 0 Å². The van der Waals surface area contributed by atoms with Crippen molar-refractivity contribution in [1.29, 1.82) is 0 Å². The number of aliphatic hydroxyl groups is 1. The van der Waals surface area contributed by atoms with Crippen LogP contribution in [-0.2, 0) is 4.79 Å². The number of aliphatic hydroxyl groups excluding tert-OH is 1. The number of nitrogens with one attached hydrogen (secondary N) is 1. The van der Waals surface area contributed by atoms with Gasteiger partial charge in [-0.3, -0.25) is 10.1 Å². The van der Waals surface area contributed by atoms with Gasteiger partial charge < -0.3 is 10.2 Å². The monoisotopic (exact) mass is 145 g/mol. The van der Waals surface area contributed by atoms with Crippen LogP contribution in [0.1, 0.15) is 13.3 Å². The van der Waals surface area contributed by atoms with Crippen molar-refractivity contribution in [3.05, 3.63) is 0 Å². The molecule has 0 aliphatic carbocycles. The molecule has 2 unspecified atom stereocenters. The predicted octanol–water partition coefficient (Wildman–Crippen LogP) is -0.816. The minimum absolute atomic E-state index is 0.517. The average molecular weight is 145 g/mol. The SMILES string of the molecule is CC1(C(=O)O)NCCC1O. The lowest BCUT2D eigenvalue weighted by Crippen LogP contribution is -2.51. The van der Waals surface area contributed by atoms with Crippen LogP contribution in [0.5, 0.6) is 0 Å². The average Bonchev–Trinajstić information content (AvgIpc) is 2.15. The van der Waals surface area contributed by atoms with Crippen LogP contribution in [0.25, 0.3) is 0 Å². The van der Waals surface area contributed by atoms with Gasteiger partial charge >= 0.3 is 5.97 Å². The fourth-order valence-electron chi connectivity index (χ4n) is 1.09. The Bertz CT molecular complexity index is 159. The molecule has 0 aromatic carbocycles. The fourth-order valence-corrected chi connectivity index (χ4v) is 1.09. The highest BCUT2D eigenvalue weighted by atomic mass is 16.4. The fraction of sp³-hybridized carbons (Fsp3) is 0.833. The summed E-state index contributed by atoms with van der Waals surface area (Å²) in [6.45, 7) is 2.07. The molecular weight excluding hydrogens is 134 g/mol. The molecule has 1 rings (SSSR count). The Morgan fingerprint density at radius 1 is 1.80 bits per heavy atom. The molecule has 1 aliphatic heterocycles. The Balaban J connectivity index is 2.75. The number of hydrogen-bond acceptors (Lipinski definition) is 3. The zero-order chi connectivity index (χ0) is 7.78. The Hall–Kier alpha value is -0.610. The van der Waals surface area contributed by atoms with Gasteiger partial charge in [0, 0.05) is 0 Å². The summed E-state index contributed by atoms with van der Waals surface area (Å²) in [5.41, 5.74) is -1.12. The number of aliphatic carboxylic acids is 1. The van der Waals surface area contributed by atoms with E-state index >= 15 is 0 Å². The van der Waals surface area contributed by atoms with E-state index in [0.717, 1.165) is 0 Å². The van der Waals surface area contributed by atoms with E-state index in [1.165, 1.54) is 6.92 Å². The molecule has 0 spiro atoms. The van der Waals surface area contributed by atoms with Gasteiger partial charge in [-0.25, -0.2) is 0 Å². The summed E-state index contributed by atoms with van der Waals surface area (Å²) in [4.78, 5) is 10.5. The molecule has 1 aliphatic rings. The molecule has 10 heavy (non-hydrogen) atoms. The zero-order valence-electron chi connectivity index (χ0n) is 5.79. The first-order valence-corrected chi connectivity index (χ1v) is 3.24. The lowest BCUT2D eigenvalue weighted by Gasteiger charge is -2.22. The number of rotatable bonds is 1. The normalized spacial score (nSPS) is 40.0. The largest absolute Gasteiger partial charge is 0.480 e. The molecule has 2 atom stereocenters. The van der Waals surface area contributed by atoms with Crippen molar-refractivity contribution in [2.45, 2.75) is 25.0 Å². The lowest BCUT2D eigenvalue weighted by molar-refractivity contribution is -0.147. The summed E-state index contributed by atoms with van der Waals surface area (Å²) in [5, 5.41) is 20.5. The molecule has 1 fully saturated rings. The highest BCUT2D eigenvalue weighted by Crippen LogP contribution is 2.18. The Kier molecular flexibility index (Phi) is 1.66. The summed E-state index contributed by atoms with van der Waals surface area (Å²) in [6, 6.07) is 0. The van der Waals surface area contributed by atoms with Crippen molar-refractivity contribution >= 4 is 5.97 Å². The molecule has 0 saturated carbocycles. The highest BCUT2D eigenvalue weighted by molar-refractivity contribution is 5.79. The Morgan fingerprint density at radius 2 is 2.40 bits per heavy atom. The predicted molar refractivity (Wildman–Crippen MR) is 34.7 cm³/mol. The molecule has 0 aromatic rings. The second-order valence-electron chi connectivity index (χ2n) is 2.74. The van der Waals surface area contributed by atoms with Crippen LogP contribution in [0.4, 0.5) is 0 Å². The first-order chi connectivity index (χ1) is 4.57. The second-order valence-corrected chi connectivity index (χ2v) is 2.74. The van der Waals surface area contributed by atoms with Gasteiger partial charge in [0.15, 0.2) is 0 Å². The summed E-state index contributed by atoms with van der Waals surface area (Å²) in [6.07, 6.45) is -0.243. The Morgan fingerprint density at radius 3 is 2.60 bits per heavy atom. The maximum absolute atomic E-state index is 10.5. The summed E-state index contributed by atoms with van der Waals surface area (Å²) in [7, 11) is 0. The molecule has 0 amide bonds. The van der Waals surface area contributed by atoms with Crippen LogP contribution < -0.4 is 5.32 Å². The van der Waals surface area contributed by atoms with Crippen LogP contribution in [0, 0.1) is 0 Å². The molecule has 0 radical (unpaired) electrons. The lowest BCUT2D eigenvalue weighted by atomic mass is 9.98. The van der Waals surface area contributed by atoms with Crippen molar-refractivity contribution in [2.75, 3.05) is 6.54 Å². The summed E-state index contributed by atoms with van der Waals surface area (Å²) < 4.78 is 0. The first-order valence-electron chi connectivity index (χ1n) is 3.24. The maximum Gasteiger partial charge on any atom is 0.326 e. The number of carbonyl (C=O) groups is 1. The van der Waals surface area contributed by atoms with E-state index in [1.54, 1.807) is 0 Å². The molecule has 0 aromatic heterocycles. The van der Waals surface area contributed by atoms with Crippen molar-refractivity contribution in [1.82, 2.24) is 5.32 Å². The quantitative estimate of drug-likeness (QED) is 0.451. The van der Waals surface area contributed by atoms with Crippen LogP contribution >= 0.6 is 0 Å². The van der Waals surface area contributed by atoms with Crippen LogP contribution in [0.15, 0.2) is 0 Å². The van der Waals surface area contributed by atoms with Gasteiger partial charge in [-0.1, -0.05) is 0 Å². The second kappa shape index (κ2) is 2.21. The van der Waals surface area contributed by atoms with Gasteiger partial charge in [-0.15, -0.1) is 0 Å². The molecule has 58 valence electrons. The van der Waals surface area contributed by atoms with E-state index in [1.807, 2.05) is 0 Å². The van der Waals surface area contributed by atoms with Gasteiger partial charge in [-0.05, 0) is 19.9 Å². The van der Waals surface area contributed by atoms with Crippen LogP contribution in [0.3, 0.4) is 0 Å². The van der Waals surface area contributed by atoms with E-state index in [0.29, 0.717) is 13.0 Å². The molecular formula is C6H11NO3. The van der Waals surface area contributed by atoms with Gasteiger partial charge in [-0.2, -0.15) is 0 Å². The first kappa shape index (κ1) is 7.50. The third kappa shape index (κ3) is 0.892. The minimum atomic E-state index is -1.12. The Labute approximate surface area is 58.9 Å². The van der Waals surface area contributed by atoms with Gasteiger partial charge in [0.1, 0.15) is 5.54 Å². The van der Waals surface area contributed by atoms with Gasteiger partial charge in [0.2, 0.25) is 0 Å². The van der Waals surface area contributed by atoms with E-state index in [4.69, 9.17) is 5.11 Å². The van der Waals surface area contributed by atoms with Crippen LogP contribution in [-0.4, -0.2) is 34.4 Å². The van der Waals surface area contributed by atoms with E-state index < -0.39 is 17.6 Å². The minimum Gasteiger partial charge on any atom is -0.480 e. The molecule has 1 saturated heterocycles. The summed E-state index contributed by atoms with van der Waals surface area (Å²) in [5.74, 6) is -0.988. The van der Waals surface area contributed by atoms with Crippen LogP contribution in [0.2, 0.25) is 0 Å². The maximum atomic E-state index is 10.5. The van der Waals surface area contributed by atoms with E-state index in [-0.39, 0.29) is 0 Å². The van der Waals surface area contributed by atoms with Crippen molar-refractivity contribution in [3.8, 4) is 0 Å². The van der Waals surface area contributed by atoms with Crippen molar-refractivity contribution in [2.24, 2.45) is 0 Å². The number of hydrogen-bond donors (Lipinski definition) is 3. The van der Waals surface area contributed by atoms with E-state index in [2.05, 4.69) is 5.32 Å². The number of carboxylic acids is 1. The van der Waals surface area contributed by atoms with Gasteiger partial charge in [0.25, 0.3) is 0 Å². The van der Waals surface area contributed by atoms with E-state index in [9.17, 15) is 9.90 Å². The topological polar surface area (TPSA) is 69.6 Å². The molecule has 0 bridgehead atoms. The highest BCUT2D eigenvalue weighted by Gasteiger charge is 2.44. The number of carboxylic acid groups (broad SMARTS) is 1. The summed E-state index contributed by atoms with van der Waals surface area (Å²) >= 11 is 0. The third-order valence-corrected chi connectivity index (χ3v) is 2.02. The molecule has 4 nitrogen and oxygen atoms in total. The standard InChI is InChI=1S/C6H11NO3/c1-6(5(9)10)4(8)2-3-7-6/h4,7-8H,2-3H2,1H3,(H,9,10). The molecule has 4 heteroatoms. The zero-order valence-corrected chi connectivity index (χ0v) is 5.79. The molecule has 1 heterocycles. The molecule has 3 N–H and O–H groups in total. The van der Waals surface area contributed by atoms with Crippen molar-refractivity contribution < 1.29 is 15.0 Å². The van der Waals surface area contributed by atoms with Gasteiger partial charge in [0.05, 0.1) is 6.10 Å². The third-order valence-electron chi connectivity index (χ3n) is 2.02. The smallest absolute Gasteiger partial charge is 0.326 e.